The largest absolute Gasteiger partial charge is 0.353 e. The SMILES string of the molecule is CCC(C)NC(=O)CN1CCN(C(=O)CCc2cnn(-c3ccccc3)c2)CC1. The predicted molar refractivity (Wildman–Crippen MR) is 113 cm³/mol. The molecule has 1 atom stereocenters. The minimum atomic E-state index is 0.0644. The van der Waals surface area contributed by atoms with Crippen LogP contribution in [0.1, 0.15) is 32.3 Å². The van der Waals surface area contributed by atoms with Crippen LogP contribution in [-0.2, 0) is 16.0 Å². The van der Waals surface area contributed by atoms with E-state index in [1.165, 1.54) is 0 Å². The predicted octanol–water partition coefficient (Wildman–Crippen LogP) is 1.86. The van der Waals surface area contributed by atoms with Gasteiger partial charge in [0.15, 0.2) is 0 Å². The number of benzene rings is 1. The van der Waals surface area contributed by atoms with Gasteiger partial charge >= 0.3 is 0 Å². The van der Waals surface area contributed by atoms with Crippen LogP contribution in [0.4, 0.5) is 0 Å². The molecule has 2 aromatic rings. The van der Waals surface area contributed by atoms with Crippen LogP contribution >= 0.6 is 0 Å². The first kappa shape index (κ1) is 21.0. The number of nitrogens with one attached hydrogen (secondary N) is 1. The number of aryl methyl sites for hydroxylation is 1. The minimum absolute atomic E-state index is 0.0644. The molecule has 1 aliphatic rings. The zero-order chi connectivity index (χ0) is 20.6. The van der Waals surface area contributed by atoms with Crippen molar-refractivity contribution in [2.45, 2.75) is 39.2 Å². The molecule has 1 fully saturated rings. The number of piperazine rings is 1. The summed E-state index contributed by atoms with van der Waals surface area (Å²) in [6.07, 6.45) is 5.90. The number of hydrogen-bond donors (Lipinski definition) is 1. The Labute approximate surface area is 172 Å². The molecule has 0 spiro atoms. The fourth-order valence-electron chi connectivity index (χ4n) is 3.40. The molecule has 2 heterocycles. The Morgan fingerprint density at radius 1 is 1.14 bits per heavy atom. The van der Waals surface area contributed by atoms with E-state index in [1.807, 2.05) is 59.2 Å². The molecular weight excluding hydrogens is 366 g/mol. The van der Waals surface area contributed by atoms with Crippen LogP contribution in [0.25, 0.3) is 5.69 Å². The number of carbonyl (C=O) groups is 2. The Balaban J connectivity index is 1.40. The first-order valence-corrected chi connectivity index (χ1v) is 10.4. The van der Waals surface area contributed by atoms with Crippen LogP contribution in [0, 0.1) is 0 Å². The third-order valence-corrected chi connectivity index (χ3v) is 5.40. The highest BCUT2D eigenvalue weighted by atomic mass is 16.2. The lowest BCUT2D eigenvalue weighted by Gasteiger charge is -2.34. The molecular formula is C22H31N5O2. The lowest BCUT2D eigenvalue weighted by atomic mass is 10.1. The van der Waals surface area contributed by atoms with Gasteiger partial charge in [0, 0.05) is 44.8 Å². The van der Waals surface area contributed by atoms with Crippen molar-refractivity contribution in [2.75, 3.05) is 32.7 Å². The lowest BCUT2D eigenvalue weighted by molar-refractivity contribution is -0.133. The summed E-state index contributed by atoms with van der Waals surface area (Å²) < 4.78 is 1.84. The van der Waals surface area contributed by atoms with Gasteiger partial charge in [0.1, 0.15) is 0 Å². The second kappa shape index (κ2) is 10.2. The summed E-state index contributed by atoms with van der Waals surface area (Å²) >= 11 is 0. The monoisotopic (exact) mass is 397 g/mol. The van der Waals surface area contributed by atoms with Crippen molar-refractivity contribution in [3.63, 3.8) is 0 Å². The number of aromatic nitrogens is 2. The van der Waals surface area contributed by atoms with Crippen molar-refractivity contribution in [1.29, 1.82) is 0 Å². The number of hydrogen-bond acceptors (Lipinski definition) is 4. The van der Waals surface area contributed by atoms with Crippen molar-refractivity contribution >= 4 is 11.8 Å². The van der Waals surface area contributed by atoms with E-state index < -0.39 is 0 Å². The molecule has 7 nitrogen and oxygen atoms in total. The first-order valence-electron chi connectivity index (χ1n) is 10.4. The molecule has 1 aliphatic heterocycles. The number of rotatable bonds is 8. The van der Waals surface area contributed by atoms with Crippen molar-refractivity contribution < 1.29 is 9.59 Å². The first-order chi connectivity index (χ1) is 14.0. The van der Waals surface area contributed by atoms with Crippen LogP contribution in [0.15, 0.2) is 42.7 Å². The maximum Gasteiger partial charge on any atom is 0.234 e. The van der Waals surface area contributed by atoms with Crippen LogP contribution in [0.5, 0.6) is 0 Å². The van der Waals surface area contributed by atoms with Gasteiger partial charge in [-0.15, -0.1) is 0 Å². The van der Waals surface area contributed by atoms with E-state index in [9.17, 15) is 9.59 Å². The van der Waals surface area contributed by atoms with Crippen molar-refractivity contribution in [3.05, 3.63) is 48.3 Å². The van der Waals surface area contributed by atoms with E-state index >= 15 is 0 Å². The second-order valence-electron chi connectivity index (χ2n) is 7.66. The van der Waals surface area contributed by atoms with E-state index in [4.69, 9.17) is 0 Å². The summed E-state index contributed by atoms with van der Waals surface area (Å²) in [5.41, 5.74) is 2.07. The summed E-state index contributed by atoms with van der Waals surface area (Å²) in [5.74, 6) is 0.232. The number of carbonyl (C=O) groups excluding carboxylic acids is 2. The van der Waals surface area contributed by atoms with Crippen LogP contribution < -0.4 is 5.32 Å². The molecule has 29 heavy (non-hydrogen) atoms. The Kier molecular flexibility index (Phi) is 7.41. The highest BCUT2D eigenvalue weighted by molar-refractivity contribution is 5.78. The van der Waals surface area contributed by atoms with Crippen LogP contribution in [0.3, 0.4) is 0 Å². The maximum atomic E-state index is 12.6. The number of para-hydroxylation sites is 1. The van der Waals surface area contributed by atoms with Gasteiger partial charge in [-0.25, -0.2) is 4.68 Å². The Morgan fingerprint density at radius 3 is 2.55 bits per heavy atom. The van der Waals surface area contributed by atoms with Gasteiger partial charge in [-0.05, 0) is 37.5 Å². The van der Waals surface area contributed by atoms with Gasteiger partial charge < -0.3 is 10.2 Å². The minimum Gasteiger partial charge on any atom is -0.353 e. The third kappa shape index (κ3) is 6.15. The molecule has 0 radical (unpaired) electrons. The van der Waals surface area contributed by atoms with Crippen molar-refractivity contribution in [1.82, 2.24) is 24.9 Å². The van der Waals surface area contributed by atoms with E-state index in [0.29, 0.717) is 32.5 Å². The molecule has 0 bridgehead atoms. The highest BCUT2D eigenvalue weighted by Gasteiger charge is 2.22. The van der Waals surface area contributed by atoms with Crippen molar-refractivity contribution in [2.24, 2.45) is 0 Å². The topological polar surface area (TPSA) is 70.5 Å². The highest BCUT2D eigenvalue weighted by Crippen LogP contribution is 2.11. The summed E-state index contributed by atoms with van der Waals surface area (Å²) in [5, 5.41) is 7.38. The van der Waals surface area contributed by atoms with E-state index in [2.05, 4.69) is 22.2 Å². The summed E-state index contributed by atoms with van der Waals surface area (Å²) in [6, 6.07) is 10.2. The van der Waals surface area contributed by atoms with Crippen molar-refractivity contribution in [3.8, 4) is 5.69 Å². The lowest BCUT2D eigenvalue weighted by Crippen LogP contribution is -2.51. The standard InChI is InChI=1S/C22H31N5O2/c1-3-18(2)24-21(28)17-25-11-13-26(14-12-25)22(29)10-9-19-15-23-27(16-19)20-7-5-4-6-8-20/h4-8,15-16,18H,3,9-14,17H2,1-2H3,(H,24,28). The average Bonchev–Trinajstić information content (AvgIpc) is 3.22. The van der Waals surface area contributed by atoms with E-state index in [-0.39, 0.29) is 17.9 Å². The van der Waals surface area contributed by atoms with Gasteiger partial charge in [-0.1, -0.05) is 25.1 Å². The summed E-state index contributed by atoms with van der Waals surface area (Å²) in [7, 11) is 0. The molecule has 1 N–H and O–H groups in total. The van der Waals surface area contributed by atoms with Crippen LogP contribution in [-0.4, -0.2) is 70.2 Å². The fourth-order valence-corrected chi connectivity index (χ4v) is 3.40. The number of amides is 2. The molecule has 1 unspecified atom stereocenters. The summed E-state index contributed by atoms with van der Waals surface area (Å²) in [6.45, 7) is 7.32. The van der Waals surface area contributed by atoms with Gasteiger partial charge in [0.05, 0.1) is 18.4 Å². The Bertz CT molecular complexity index is 797. The zero-order valence-corrected chi connectivity index (χ0v) is 17.4. The third-order valence-electron chi connectivity index (χ3n) is 5.40. The van der Waals surface area contributed by atoms with E-state index in [1.54, 1.807) is 0 Å². The molecule has 1 aromatic carbocycles. The maximum absolute atomic E-state index is 12.6. The molecule has 7 heteroatoms. The Morgan fingerprint density at radius 2 is 1.86 bits per heavy atom. The molecule has 1 aromatic heterocycles. The van der Waals surface area contributed by atoms with E-state index in [0.717, 1.165) is 30.8 Å². The fraction of sp³-hybridized carbons (Fsp3) is 0.500. The quantitative estimate of drug-likeness (QED) is 0.738. The molecule has 1 saturated heterocycles. The zero-order valence-electron chi connectivity index (χ0n) is 17.4. The van der Waals surface area contributed by atoms with Gasteiger partial charge in [-0.3, -0.25) is 14.5 Å². The van der Waals surface area contributed by atoms with Gasteiger partial charge in [0.25, 0.3) is 0 Å². The summed E-state index contributed by atoms with van der Waals surface area (Å²) in [4.78, 5) is 28.6. The Hall–Kier alpha value is -2.67. The smallest absolute Gasteiger partial charge is 0.234 e. The van der Waals surface area contributed by atoms with Crippen LogP contribution in [0.2, 0.25) is 0 Å². The normalized spacial score (nSPS) is 15.9. The average molecular weight is 398 g/mol. The molecule has 3 rings (SSSR count). The molecule has 0 aliphatic carbocycles. The van der Waals surface area contributed by atoms with Gasteiger partial charge in [0.2, 0.25) is 11.8 Å². The molecule has 2 amide bonds. The molecule has 156 valence electrons. The molecule has 0 saturated carbocycles. The second-order valence-corrected chi connectivity index (χ2v) is 7.66. The number of nitrogens with zero attached hydrogens (tertiary/aromatic N) is 4. The van der Waals surface area contributed by atoms with Gasteiger partial charge in [-0.2, -0.15) is 5.10 Å².